The third-order valence-electron chi connectivity index (χ3n) is 18.1. The predicted octanol–water partition coefficient (Wildman–Crippen LogP) is 22.5. The lowest BCUT2D eigenvalue weighted by molar-refractivity contribution is 0.957. The quantitative estimate of drug-likeness (QED) is 0.159. The van der Waals surface area contributed by atoms with Crippen molar-refractivity contribution in [3.63, 3.8) is 0 Å². The molecule has 0 N–H and O–H groups in total. The topological polar surface area (TPSA) is 35.6 Å². The van der Waals surface area contributed by atoms with Crippen LogP contribution in [-0.2, 0) is 0 Å². The van der Waals surface area contributed by atoms with Gasteiger partial charge in [-0.2, -0.15) is 4.98 Å². The minimum atomic E-state index is 0.620. The van der Waals surface area contributed by atoms with E-state index in [1.807, 2.05) is 22.7 Å². The van der Waals surface area contributed by atoms with Gasteiger partial charge in [-0.15, -0.1) is 22.7 Å². The van der Waals surface area contributed by atoms with Gasteiger partial charge in [0.05, 0.1) is 33.3 Å². The summed E-state index contributed by atoms with van der Waals surface area (Å²) in [5.41, 5.74) is 20.2. The van der Waals surface area contributed by atoms with Crippen LogP contribution in [0.1, 0.15) is 0 Å². The van der Waals surface area contributed by atoms with E-state index in [0.29, 0.717) is 5.95 Å². The molecule has 4 nitrogen and oxygen atoms in total. The molecule has 6 heteroatoms. The lowest BCUT2D eigenvalue weighted by Crippen LogP contribution is -2.08. The van der Waals surface area contributed by atoms with Gasteiger partial charge in [-0.3, -0.25) is 9.13 Å². The van der Waals surface area contributed by atoms with Gasteiger partial charge in [0, 0.05) is 67.5 Å². The van der Waals surface area contributed by atoms with Gasteiger partial charge in [0.25, 0.3) is 0 Å². The van der Waals surface area contributed by atoms with Crippen LogP contribution in [0.5, 0.6) is 0 Å². The molecule has 0 fully saturated rings. The number of nitrogens with zero attached hydrogens (tertiary/aromatic N) is 4. The lowest BCUT2D eigenvalue weighted by Gasteiger charge is -2.16. The first-order valence-corrected chi connectivity index (χ1v) is 30.9. The molecule has 0 spiro atoms. The average Bonchev–Trinajstić information content (AvgIpc) is 2.23. The molecule has 0 aliphatic heterocycles. The Kier molecular flexibility index (Phi) is 10.2. The molecule has 18 aromatic rings. The van der Waals surface area contributed by atoms with E-state index in [9.17, 15) is 0 Å². The zero-order valence-electron chi connectivity index (χ0n) is 46.2. The molecular weight excluding hydrogens is 1080 g/mol. The maximum Gasteiger partial charge on any atom is 0.237 e. The molecule has 0 saturated carbocycles. The molecule has 19 rings (SSSR count). The second-order valence-electron chi connectivity index (χ2n) is 22.7. The number of rotatable bonds is 7. The minimum absolute atomic E-state index is 0.620. The van der Waals surface area contributed by atoms with Crippen molar-refractivity contribution in [3.05, 3.63) is 279 Å². The van der Waals surface area contributed by atoms with Crippen molar-refractivity contribution in [3.8, 4) is 89.8 Å². The molecule has 0 saturated heterocycles. The summed E-state index contributed by atoms with van der Waals surface area (Å²) >= 11 is 3.71. The van der Waals surface area contributed by atoms with Crippen LogP contribution in [0.4, 0.5) is 0 Å². The molecule has 0 unspecified atom stereocenters. The van der Waals surface area contributed by atoms with Crippen molar-refractivity contribution in [2.75, 3.05) is 0 Å². The number of para-hydroxylation sites is 2. The van der Waals surface area contributed by atoms with Gasteiger partial charge in [-0.1, -0.05) is 200 Å². The summed E-state index contributed by atoms with van der Waals surface area (Å²) in [7, 11) is 0. The van der Waals surface area contributed by atoms with E-state index in [1.165, 1.54) is 118 Å². The summed E-state index contributed by atoms with van der Waals surface area (Å²) in [5, 5.41) is 12.2. The van der Waals surface area contributed by atoms with E-state index < -0.39 is 0 Å². The van der Waals surface area contributed by atoms with Crippen LogP contribution in [0.3, 0.4) is 0 Å². The Bertz CT molecular complexity index is 5900. The van der Waals surface area contributed by atoms with Crippen LogP contribution in [-0.4, -0.2) is 19.1 Å². The van der Waals surface area contributed by atoms with E-state index in [2.05, 4.69) is 288 Å². The molecule has 1 aliphatic carbocycles. The second kappa shape index (κ2) is 18.4. The van der Waals surface area contributed by atoms with E-state index in [-0.39, 0.29) is 0 Å². The number of hydrogen-bond acceptors (Lipinski definition) is 4. The van der Waals surface area contributed by atoms with Gasteiger partial charge in [0.2, 0.25) is 5.95 Å². The highest BCUT2D eigenvalue weighted by Crippen LogP contribution is 2.53. The molecule has 0 radical (unpaired) electrons. The summed E-state index contributed by atoms with van der Waals surface area (Å²) in [6.45, 7) is 0. The zero-order chi connectivity index (χ0) is 56.1. The molecule has 0 bridgehead atoms. The fourth-order valence-corrected chi connectivity index (χ4v) is 16.4. The van der Waals surface area contributed by atoms with E-state index in [4.69, 9.17) is 9.97 Å². The zero-order valence-corrected chi connectivity index (χ0v) is 47.8. The smallest absolute Gasteiger partial charge is 0.237 e. The summed E-state index contributed by atoms with van der Waals surface area (Å²) in [4.78, 5) is 11.8. The highest BCUT2D eigenvalue weighted by Gasteiger charge is 2.32. The number of fused-ring (bicyclic) bond motifs is 15. The van der Waals surface area contributed by atoms with Crippen LogP contribution < -0.4 is 0 Å². The van der Waals surface area contributed by atoms with Gasteiger partial charge in [0.15, 0.2) is 5.82 Å². The molecule has 86 heavy (non-hydrogen) atoms. The van der Waals surface area contributed by atoms with Crippen LogP contribution in [0.2, 0.25) is 0 Å². The number of thiophene rings is 2. The first-order valence-electron chi connectivity index (χ1n) is 29.3. The Balaban J connectivity index is 0.861. The van der Waals surface area contributed by atoms with Crippen LogP contribution in [0.25, 0.3) is 185 Å². The molecule has 5 aromatic heterocycles. The van der Waals surface area contributed by atoms with E-state index in [0.717, 1.165) is 61.0 Å². The first-order chi connectivity index (χ1) is 42.6. The standard InChI is InChI=1S/C80H46N4S2/c1-3-16-47(17-4-1)49-30-35-54(48-18-5-2-6-19-48)63(42-49)55-36-37-62-76-60(55)24-15-25-61(76)77-78(62)81-80(84-69-27-12-8-21-57(69)65-44-51(32-39-71(65)84)53-34-41-75-67(46-53)59-23-10-14-29-73(59)86-75)82-79(77)83-68-26-11-7-20-56(68)64-43-50(31-38-70(64)83)52-33-40-74-66(45-52)58-22-9-13-28-72(58)85-74/h1-46H. The van der Waals surface area contributed by atoms with Gasteiger partial charge in [0.1, 0.15) is 0 Å². The van der Waals surface area contributed by atoms with Crippen LogP contribution >= 0.6 is 22.7 Å². The van der Waals surface area contributed by atoms with Gasteiger partial charge in [-0.05, 0) is 151 Å². The van der Waals surface area contributed by atoms with Gasteiger partial charge < -0.3 is 0 Å². The number of aromatic nitrogens is 4. The van der Waals surface area contributed by atoms with E-state index in [1.54, 1.807) is 0 Å². The third kappa shape index (κ3) is 7.03. The summed E-state index contributed by atoms with van der Waals surface area (Å²) < 4.78 is 9.95. The fourth-order valence-electron chi connectivity index (χ4n) is 14.2. The van der Waals surface area contributed by atoms with Gasteiger partial charge in [-0.25, -0.2) is 4.98 Å². The van der Waals surface area contributed by atoms with Crippen molar-refractivity contribution in [1.29, 1.82) is 0 Å². The predicted molar refractivity (Wildman–Crippen MR) is 366 cm³/mol. The maximum atomic E-state index is 5.97. The largest absolute Gasteiger partial charge is 0.293 e. The maximum absolute atomic E-state index is 5.97. The summed E-state index contributed by atoms with van der Waals surface area (Å²) in [6.07, 6.45) is 0. The Labute approximate surface area is 502 Å². The highest BCUT2D eigenvalue weighted by atomic mass is 32.1. The third-order valence-corrected chi connectivity index (χ3v) is 20.4. The molecule has 398 valence electrons. The fraction of sp³-hybridized carbons (Fsp3) is 0. The van der Waals surface area contributed by atoms with E-state index >= 15 is 0 Å². The summed E-state index contributed by atoms with van der Waals surface area (Å²) in [5.74, 6) is 1.46. The van der Waals surface area contributed by atoms with Crippen molar-refractivity contribution >= 4 is 117 Å². The van der Waals surface area contributed by atoms with Crippen molar-refractivity contribution < 1.29 is 0 Å². The lowest BCUT2D eigenvalue weighted by atomic mass is 9.88. The number of benzene rings is 13. The molecule has 0 amide bonds. The van der Waals surface area contributed by atoms with Crippen LogP contribution in [0.15, 0.2) is 279 Å². The molecule has 1 aliphatic rings. The monoisotopic (exact) mass is 1130 g/mol. The molecule has 0 atom stereocenters. The minimum Gasteiger partial charge on any atom is -0.293 e. The molecular formula is C80H46N4S2. The Morgan fingerprint density at radius 2 is 0.698 bits per heavy atom. The van der Waals surface area contributed by atoms with Crippen LogP contribution in [0, 0.1) is 0 Å². The van der Waals surface area contributed by atoms with Crippen molar-refractivity contribution in [2.45, 2.75) is 0 Å². The Morgan fingerprint density at radius 1 is 0.244 bits per heavy atom. The average molecular weight is 1130 g/mol. The summed E-state index contributed by atoms with van der Waals surface area (Å²) in [6, 6.07) is 103. The van der Waals surface area contributed by atoms with Gasteiger partial charge >= 0.3 is 0 Å². The van der Waals surface area contributed by atoms with Crippen molar-refractivity contribution in [2.24, 2.45) is 0 Å². The SMILES string of the molecule is c1ccc(-c2ccc(-c3ccccc3)c(-c3ccc4c5c(cccc35)-c3c-4nc(-n4c5ccccc5c5cc(-c6ccc7sc8ccccc8c7c6)ccc54)nc3-n3c4ccccc4c4cc(-c5ccc6sc7ccccc7c6c5)ccc43)c2)cc1. The van der Waals surface area contributed by atoms with Crippen molar-refractivity contribution in [1.82, 2.24) is 19.1 Å². The molecule has 5 heterocycles. The second-order valence-corrected chi connectivity index (χ2v) is 24.9. The highest BCUT2D eigenvalue weighted by molar-refractivity contribution is 7.26. The number of hydrogen-bond donors (Lipinski definition) is 0. The Hall–Kier alpha value is -10.8. The normalized spacial score (nSPS) is 12.2. The Morgan fingerprint density at radius 3 is 1.34 bits per heavy atom. The molecule has 13 aromatic carbocycles. The first kappa shape index (κ1) is 47.7.